The van der Waals surface area contributed by atoms with E-state index in [-0.39, 0.29) is 22.7 Å². The zero-order chi connectivity index (χ0) is 15.3. The summed E-state index contributed by atoms with van der Waals surface area (Å²) >= 11 is 5.99. The van der Waals surface area contributed by atoms with Crippen LogP contribution in [0.5, 0.6) is 0 Å². The highest BCUT2D eigenvalue weighted by atomic mass is 35.5. The molecule has 1 amide bonds. The molecule has 1 aromatic heterocycles. The number of aryl methyl sites for hydroxylation is 1. The van der Waals surface area contributed by atoms with Crippen molar-refractivity contribution < 1.29 is 9.72 Å². The lowest BCUT2D eigenvalue weighted by atomic mass is 9.84. The Morgan fingerprint density at radius 2 is 2.10 bits per heavy atom. The second kappa shape index (κ2) is 6.74. The zero-order valence-corrected chi connectivity index (χ0v) is 12.7. The summed E-state index contributed by atoms with van der Waals surface area (Å²) in [6.07, 6.45) is 3.05. The van der Waals surface area contributed by atoms with Crippen molar-refractivity contribution in [1.29, 1.82) is 0 Å². The van der Waals surface area contributed by atoms with Crippen molar-refractivity contribution in [2.24, 2.45) is 12.5 Å². The molecule has 6 nitrogen and oxygen atoms in total. The molecule has 7 heteroatoms. The summed E-state index contributed by atoms with van der Waals surface area (Å²) < 4.78 is 1.45. The summed E-state index contributed by atoms with van der Waals surface area (Å²) in [6, 6.07) is 1.27. The highest BCUT2D eigenvalue weighted by molar-refractivity contribution is 6.18. The molecule has 0 radical (unpaired) electrons. The standard InChI is InChI=1S/C13H20ClN3O3/c1-4-13(5-2,8-14)9-15-12(18)11-6-10(17(19)20)7-16(11)3/h6-7H,4-5,8-9H2,1-3H3,(H,15,18). The van der Waals surface area contributed by atoms with Gasteiger partial charge in [0.15, 0.2) is 0 Å². The Labute approximate surface area is 123 Å². The molecule has 0 atom stereocenters. The maximum absolute atomic E-state index is 12.1. The van der Waals surface area contributed by atoms with Crippen molar-refractivity contribution in [2.75, 3.05) is 12.4 Å². The summed E-state index contributed by atoms with van der Waals surface area (Å²) in [6.45, 7) is 4.53. The Balaban J connectivity index is 2.79. The molecule has 0 aliphatic carbocycles. The fourth-order valence-corrected chi connectivity index (χ4v) is 2.44. The van der Waals surface area contributed by atoms with E-state index in [9.17, 15) is 14.9 Å². The lowest BCUT2D eigenvalue weighted by Crippen LogP contribution is -2.38. The van der Waals surface area contributed by atoms with Crippen LogP contribution in [0.4, 0.5) is 5.69 Å². The Morgan fingerprint density at radius 3 is 2.50 bits per heavy atom. The van der Waals surface area contributed by atoms with Gasteiger partial charge in [-0.3, -0.25) is 14.9 Å². The minimum atomic E-state index is -0.516. The Morgan fingerprint density at radius 1 is 1.50 bits per heavy atom. The van der Waals surface area contributed by atoms with Crippen LogP contribution < -0.4 is 5.32 Å². The number of aromatic nitrogens is 1. The first kappa shape index (κ1) is 16.5. The largest absolute Gasteiger partial charge is 0.350 e. The number of halogens is 1. The zero-order valence-electron chi connectivity index (χ0n) is 12.0. The minimum Gasteiger partial charge on any atom is -0.350 e. The number of nitrogens with zero attached hydrogens (tertiary/aromatic N) is 2. The first-order valence-electron chi connectivity index (χ1n) is 6.54. The SMILES string of the molecule is CCC(CC)(CCl)CNC(=O)c1cc([N+](=O)[O-])cn1C. The van der Waals surface area contributed by atoms with Gasteiger partial charge in [0, 0.05) is 31.0 Å². The van der Waals surface area contributed by atoms with Crippen LogP contribution in [0.2, 0.25) is 0 Å². The normalized spacial score (nSPS) is 11.4. The van der Waals surface area contributed by atoms with Crippen molar-refractivity contribution >= 4 is 23.2 Å². The molecule has 0 aliphatic rings. The van der Waals surface area contributed by atoms with E-state index in [2.05, 4.69) is 5.32 Å². The van der Waals surface area contributed by atoms with Crippen LogP contribution in [0.25, 0.3) is 0 Å². The average molecular weight is 302 g/mol. The van der Waals surface area contributed by atoms with E-state index in [4.69, 9.17) is 11.6 Å². The second-order valence-electron chi connectivity index (χ2n) is 4.97. The number of nitro groups is 1. The van der Waals surface area contributed by atoms with E-state index >= 15 is 0 Å². The summed E-state index contributed by atoms with van der Waals surface area (Å²) in [5.41, 5.74) is 0.0496. The van der Waals surface area contributed by atoms with Gasteiger partial charge in [0.05, 0.1) is 11.1 Å². The van der Waals surface area contributed by atoms with E-state index in [0.29, 0.717) is 12.4 Å². The van der Waals surface area contributed by atoms with E-state index in [1.807, 2.05) is 13.8 Å². The summed E-state index contributed by atoms with van der Waals surface area (Å²) in [4.78, 5) is 22.3. The van der Waals surface area contributed by atoms with Crippen molar-refractivity contribution in [3.63, 3.8) is 0 Å². The first-order valence-corrected chi connectivity index (χ1v) is 7.07. The van der Waals surface area contributed by atoms with Gasteiger partial charge in [0.1, 0.15) is 5.69 Å². The molecule has 0 aliphatic heterocycles. The molecule has 0 unspecified atom stereocenters. The van der Waals surface area contributed by atoms with E-state index in [0.717, 1.165) is 12.8 Å². The number of rotatable bonds is 7. The molecule has 0 saturated carbocycles. The number of carbonyl (C=O) groups excluding carboxylic acids is 1. The van der Waals surface area contributed by atoms with Crippen LogP contribution in [-0.2, 0) is 7.05 Å². The fraction of sp³-hybridized carbons (Fsp3) is 0.615. The first-order chi connectivity index (χ1) is 9.39. The highest BCUT2D eigenvalue weighted by Gasteiger charge is 2.26. The van der Waals surface area contributed by atoms with E-state index in [1.165, 1.54) is 16.8 Å². The van der Waals surface area contributed by atoms with Gasteiger partial charge in [-0.05, 0) is 12.8 Å². The number of amides is 1. The van der Waals surface area contributed by atoms with Crippen molar-refractivity contribution in [3.05, 3.63) is 28.1 Å². The monoisotopic (exact) mass is 301 g/mol. The predicted molar refractivity (Wildman–Crippen MR) is 78.1 cm³/mol. The lowest BCUT2D eigenvalue weighted by molar-refractivity contribution is -0.384. The lowest BCUT2D eigenvalue weighted by Gasteiger charge is -2.29. The van der Waals surface area contributed by atoms with Gasteiger partial charge in [-0.2, -0.15) is 0 Å². The van der Waals surface area contributed by atoms with E-state index < -0.39 is 4.92 Å². The smallest absolute Gasteiger partial charge is 0.287 e. The molecule has 0 spiro atoms. The second-order valence-corrected chi connectivity index (χ2v) is 5.24. The summed E-state index contributed by atoms with van der Waals surface area (Å²) in [5, 5.41) is 13.5. The van der Waals surface area contributed by atoms with Gasteiger partial charge in [-0.15, -0.1) is 11.6 Å². The van der Waals surface area contributed by atoms with Crippen LogP contribution in [0.15, 0.2) is 12.3 Å². The number of nitrogens with one attached hydrogen (secondary N) is 1. The quantitative estimate of drug-likeness (QED) is 0.478. The Hall–Kier alpha value is -1.56. The van der Waals surface area contributed by atoms with Crippen molar-refractivity contribution in [3.8, 4) is 0 Å². The van der Waals surface area contributed by atoms with Crippen LogP contribution in [0.1, 0.15) is 37.2 Å². The predicted octanol–water partition coefficient (Wildman–Crippen LogP) is 2.71. The van der Waals surface area contributed by atoms with Crippen LogP contribution in [0, 0.1) is 15.5 Å². The molecule has 20 heavy (non-hydrogen) atoms. The molecular formula is C13H20ClN3O3. The maximum atomic E-state index is 12.1. The molecule has 1 aromatic rings. The highest BCUT2D eigenvalue weighted by Crippen LogP contribution is 2.27. The van der Waals surface area contributed by atoms with Crippen molar-refractivity contribution in [2.45, 2.75) is 26.7 Å². The maximum Gasteiger partial charge on any atom is 0.287 e. The third-order valence-electron chi connectivity index (χ3n) is 3.84. The Kier molecular flexibility index (Phi) is 5.56. The summed E-state index contributed by atoms with van der Waals surface area (Å²) in [5.74, 6) is 0.144. The van der Waals surface area contributed by atoms with Gasteiger partial charge in [-0.1, -0.05) is 13.8 Å². The molecule has 0 fully saturated rings. The topological polar surface area (TPSA) is 77.2 Å². The fourth-order valence-electron chi connectivity index (χ4n) is 1.97. The third-order valence-corrected chi connectivity index (χ3v) is 4.41. The number of hydrogen-bond donors (Lipinski definition) is 1. The molecule has 0 saturated heterocycles. The average Bonchev–Trinajstić information content (AvgIpc) is 2.83. The van der Waals surface area contributed by atoms with Crippen LogP contribution >= 0.6 is 11.6 Å². The molecule has 1 N–H and O–H groups in total. The van der Waals surface area contributed by atoms with Gasteiger partial charge in [0.2, 0.25) is 0 Å². The number of hydrogen-bond acceptors (Lipinski definition) is 3. The van der Waals surface area contributed by atoms with Gasteiger partial charge in [-0.25, -0.2) is 0 Å². The van der Waals surface area contributed by atoms with Gasteiger partial charge < -0.3 is 9.88 Å². The molecular weight excluding hydrogens is 282 g/mol. The molecule has 0 aromatic carbocycles. The minimum absolute atomic E-state index is 0.0905. The van der Waals surface area contributed by atoms with E-state index in [1.54, 1.807) is 7.05 Å². The molecule has 1 heterocycles. The molecule has 112 valence electrons. The molecule has 1 rings (SSSR count). The number of alkyl halides is 1. The van der Waals surface area contributed by atoms with Gasteiger partial charge in [0.25, 0.3) is 11.6 Å². The van der Waals surface area contributed by atoms with Gasteiger partial charge >= 0.3 is 0 Å². The molecule has 0 bridgehead atoms. The third kappa shape index (κ3) is 3.50. The van der Waals surface area contributed by atoms with Crippen molar-refractivity contribution in [1.82, 2.24) is 9.88 Å². The summed E-state index contributed by atoms with van der Waals surface area (Å²) in [7, 11) is 1.61. The van der Waals surface area contributed by atoms with Crippen LogP contribution in [0.3, 0.4) is 0 Å². The number of carbonyl (C=O) groups is 1. The Bertz CT molecular complexity index is 487. The van der Waals surface area contributed by atoms with Crippen LogP contribution in [-0.4, -0.2) is 27.8 Å².